The van der Waals surface area contributed by atoms with Crippen molar-refractivity contribution in [2.75, 3.05) is 18.5 Å². The van der Waals surface area contributed by atoms with Crippen LogP contribution in [-0.2, 0) is 14.3 Å². The zero-order valence-corrected chi connectivity index (χ0v) is 19.5. The standard InChI is InChI=1S/C28H28N2O5/c1-18(27(32)33)19-12-14-20(15-13-19)30-26(31)11-6-16-29-28(34)35-17-25-23-9-4-2-7-21(23)22-8-3-5-10-24(22)25/h2-5,7-10,12-15,18,25H,6,11,16-17H2,1H3,(H,29,34)(H,30,31)(H,32,33). The fourth-order valence-corrected chi connectivity index (χ4v) is 4.31. The third-order valence-corrected chi connectivity index (χ3v) is 6.26. The minimum absolute atomic E-state index is 0.00352. The number of carbonyl (C=O) groups excluding carboxylic acids is 2. The molecular weight excluding hydrogens is 444 g/mol. The number of anilines is 1. The molecule has 0 bridgehead atoms. The van der Waals surface area contributed by atoms with Gasteiger partial charge >= 0.3 is 12.1 Å². The quantitative estimate of drug-likeness (QED) is 0.375. The first-order valence-electron chi connectivity index (χ1n) is 11.7. The highest BCUT2D eigenvalue weighted by Gasteiger charge is 2.28. The van der Waals surface area contributed by atoms with Gasteiger partial charge in [0.2, 0.25) is 5.91 Å². The summed E-state index contributed by atoms with van der Waals surface area (Å²) in [6.45, 7) is 2.18. The van der Waals surface area contributed by atoms with Gasteiger partial charge in [0.25, 0.3) is 0 Å². The summed E-state index contributed by atoms with van der Waals surface area (Å²) in [6, 6.07) is 23.1. The first kappa shape index (κ1) is 24.0. The van der Waals surface area contributed by atoms with Gasteiger partial charge in [-0.3, -0.25) is 9.59 Å². The molecule has 1 aliphatic carbocycles. The lowest BCUT2D eigenvalue weighted by Crippen LogP contribution is -2.27. The van der Waals surface area contributed by atoms with E-state index in [9.17, 15) is 14.4 Å². The SMILES string of the molecule is CC(C(=O)O)c1ccc(NC(=O)CCCNC(=O)OCC2c3ccccc3-c3ccccc32)cc1. The van der Waals surface area contributed by atoms with Crippen molar-refractivity contribution in [3.63, 3.8) is 0 Å². The Balaban J connectivity index is 1.19. The molecule has 0 heterocycles. The number of carboxylic acid groups (broad SMARTS) is 1. The second kappa shape index (κ2) is 10.9. The molecule has 1 aliphatic rings. The van der Waals surface area contributed by atoms with E-state index in [4.69, 9.17) is 9.84 Å². The van der Waals surface area contributed by atoms with Gasteiger partial charge in [-0.05, 0) is 53.3 Å². The lowest BCUT2D eigenvalue weighted by atomic mass is 9.98. The maximum absolute atomic E-state index is 12.2. The average Bonchev–Trinajstić information content (AvgIpc) is 3.19. The van der Waals surface area contributed by atoms with Gasteiger partial charge in [0.15, 0.2) is 0 Å². The number of carboxylic acids is 1. The van der Waals surface area contributed by atoms with E-state index in [1.54, 1.807) is 31.2 Å². The Morgan fingerprint density at radius 2 is 1.51 bits per heavy atom. The Morgan fingerprint density at radius 1 is 0.914 bits per heavy atom. The number of benzene rings is 3. The van der Waals surface area contributed by atoms with Crippen molar-refractivity contribution in [1.29, 1.82) is 0 Å². The van der Waals surface area contributed by atoms with E-state index in [0.717, 1.165) is 11.1 Å². The van der Waals surface area contributed by atoms with Crippen molar-refractivity contribution in [3.05, 3.63) is 89.5 Å². The Hall–Kier alpha value is -4.13. The molecule has 4 rings (SSSR count). The van der Waals surface area contributed by atoms with Gasteiger partial charge in [0, 0.05) is 24.6 Å². The van der Waals surface area contributed by atoms with E-state index in [0.29, 0.717) is 24.2 Å². The van der Waals surface area contributed by atoms with Gasteiger partial charge in [0.05, 0.1) is 5.92 Å². The molecule has 2 amide bonds. The number of rotatable bonds is 9. The molecule has 1 unspecified atom stereocenters. The predicted molar refractivity (Wildman–Crippen MR) is 133 cm³/mol. The summed E-state index contributed by atoms with van der Waals surface area (Å²) in [5.74, 6) is -1.68. The summed E-state index contributed by atoms with van der Waals surface area (Å²) in [4.78, 5) is 35.4. The van der Waals surface area contributed by atoms with Gasteiger partial charge in [-0.2, -0.15) is 0 Å². The average molecular weight is 473 g/mol. The number of hydrogen-bond acceptors (Lipinski definition) is 4. The van der Waals surface area contributed by atoms with Crippen LogP contribution in [-0.4, -0.2) is 36.2 Å². The highest BCUT2D eigenvalue weighted by atomic mass is 16.5. The smallest absolute Gasteiger partial charge is 0.407 e. The number of fused-ring (bicyclic) bond motifs is 3. The number of alkyl carbamates (subject to hydrolysis) is 1. The van der Waals surface area contributed by atoms with Crippen molar-refractivity contribution in [2.24, 2.45) is 0 Å². The third kappa shape index (κ3) is 5.69. The van der Waals surface area contributed by atoms with Crippen molar-refractivity contribution in [1.82, 2.24) is 5.32 Å². The van der Waals surface area contributed by atoms with E-state index in [-0.39, 0.29) is 24.9 Å². The van der Waals surface area contributed by atoms with E-state index in [1.807, 2.05) is 24.3 Å². The molecule has 0 aliphatic heterocycles. The van der Waals surface area contributed by atoms with Crippen molar-refractivity contribution in [3.8, 4) is 11.1 Å². The summed E-state index contributed by atoms with van der Waals surface area (Å²) in [7, 11) is 0. The van der Waals surface area contributed by atoms with E-state index >= 15 is 0 Å². The van der Waals surface area contributed by atoms with E-state index < -0.39 is 18.0 Å². The summed E-state index contributed by atoms with van der Waals surface area (Å²) in [5.41, 5.74) is 5.93. The zero-order valence-electron chi connectivity index (χ0n) is 19.5. The van der Waals surface area contributed by atoms with Gasteiger partial charge in [-0.15, -0.1) is 0 Å². The molecule has 0 saturated carbocycles. The number of hydrogen-bond donors (Lipinski definition) is 3. The highest BCUT2D eigenvalue weighted by Crippen LogP contribution is 2.44. The Morgan fingerprint density at radius 3 is 2.11 bits per heavy atom. The molecule has 7 nitrogen and oxygen atoms in total. The van der Waals surface area contributed by atoms with Crippen LogP contribution < -0.4 is 10.6 Å². The Labute approximate surface area is 204 Å². The Bertz CT molecular complexity index is 1180. The van der Waals surface area contributed by atoms with Gasteiger partial charge in [-0.1, -0.05) is 60.7 Å². The molecule has 0 saturated heterocycles. The highest BCUT2D eigenvalue weighted by molar-refractivity contribution is 5.90. The number of amides is 2. The number of ether oxygens (including phenoxy) is 1. The minimum Gasteiger partial charge on any atom is -0.481 e. The first-order chi connectivity index (χ1) is 16.9. The zero-order chi connectivity index (χ0) is 24.8. The van der Waals surface area contributed by atoms with Gasteiger partial charge < -0.3 is 20.5 Å². The molecule has 0 fully saturated rings. The molecule has 35 heavy (non-hydrogen) atoms. The molecule has 3 aromatic carbocycles. The van der Waals surface area contributed by atoms with Crippen molar-refractivity contribution >= 4 is 23.7 Å². The minimum atomic E-state index is -0.898. The molecule has 0 aromatic heterocycles. The predicted octanol–water partition coefficient (Wildman–Crippen LogP) is 5.13. The van der Waals surface area contributed by atoms with Crippen molar-refractivity contribution in [2.45, 2.75) is 31.6 Å². The van der Waals surface area contributed by atoms with Crippen LogP contribution in [0.5, 0.6) is 0 Å². The second-order valence-electron chi connectivity index (χ2n) is 8.59. The molecule has 180 valence electrons. The van der Waals surface area contributed by atoms with Gasteiger partial charge in [0.1, 0.15) is 6.61 Å². The first-order valence-corrected chi connectivity index (χ1v) is 11.7. The molecule has 1 atom stereocenters. The van der Waals surface area contributed by atoms with Crippen LogP contribution in [0.2, 0.25) is 0 Å². The lowest BCUT2D eigenvalue weighted by molar-refractivity contribution is -0.138. The fourth-order valence-electron chi connectivity index (χ4n) is 4.31. The maximum atomic E-state index is 12.2. The summed E-state index contributed by atoms with van der Waals surface area (Å²) < 4.78 is 5.50. The summed E-state index contributed by atoms with van der Waals surface area (Å²) in [5, 5.41) is 14.6. The number of nitrogens with one attached hydrogen (secondary N) is 2. The summed E-state index contributed by atoms with van der Waals surface area (Å²) >= 11 is 0. The molecule has 7 heteroatoms. The van der Waals surface area contributed by atoms with Crippen LogP contribution in [0.4, 0.5) is 10.5 Å². The van der Waals surface area contributed by atoms with Crippen LogP contribution in [0.1, 0.15) is 48.3 Å². The van der Waals surface area contributed by atoms with E-state index in [2.05, 4.69) is 34.9 Å². The summed E-state index contributed by atoms with van der Waals surface area (Å²) in [6.07, 6.45) is 0.191. The normalized spacial score (nSPS) is 12.8. The fraction of sp³-hybridized carbons (Fsp3) is 0.250. The monoisotopic (exact) mass is 472 g/mol. The number of aliphatic carboxylic acids is 1. The largest absolute Gasteiger partial charge is 0.481 e. The molecule has 3 N–H and O–H groups in total. The van der Waals surface area contributed by atoms with Crippen LogP contribution in [0.25, 0.3) is 11.1 Å². The number of carbonyl (C=O) groups is 3. The molecule has 3 aromatic rings. The van der Waals surface area contributed by atoms with Crippen LogP contribution in [0, 0.1) is 0 Å². The van der Waals surface area contributed by atoms with Gasteiger partial charge in [-0.25, -0.2) is 4.79 Å². The molecular formula is C28H28N2O5. The topological polar surface area (TPSA) is 105 Å². The van der Waals surface area contributed by atoms with Crippen molar-refractivity contribution < 1.29 is 24.2 Å². The second-order valence-corrected chi connectivity index (χ2v) is 8.59. The van der Waals surface area contributed by atoms with Crippen LogP contribution in [0.3, 0.4) is 0 Å². The van der Waals surface area contributed by atoms with E-state index in [1.165, 1.54) is 11.1 Å². The maximum Gasteiger partial charge on any atom is 0.407 e. The molecule has 0 radical (unpaired) electrons. The third-order valence-electron chi connectivity index (χ3n) is 6.26. The van der Waals surface area contributed by atoms with Crippen LogP contribution in [0.15, 0.2) is 72.8 Å². The Kier molecular flexibility index (Phi) is 7.45. The molecule has 0 spiro atoms. The van der Waals surface area contributed by atoms with Crippen LogP contribution >= 0.6 is 0 Å². The lowest BCUT2D eigenvalue weighted by Gasteiger charge is -2.14.